The molecule has 2 amide bonds. The SMILES string of the molecule is CC(C)CNC(=O)[C@@H]1OCC(=O)N(C)[C@H]1c1ccc(F)cc1. The van der Waals surface area contributed by atoms with Gasteiger partial charge in [-0.05, 0) is 23.6 Å². The lowest BCUT2D eigenvalue weighted by molar-refractivity contribution is -0.162. The third-order valence-electron chi connectivity index (χ3n) is 3.64. The third kappa shape index (κ3) is 3.62. The van der Waals surface area contributed by atoms with Crippen molar-refractivity contribution >= 4 is 11.8 Å². The second-order valence-corrected chi connectivity index (χ2v) is 5.87. The summed E-state index contributed by atoms with van der Waals surface area (Å²) in [6.45, 7) is 4.39. The van der Waals surface area contributed by atoms with Crippen molar-refractivity contribution in [3.05, 3.63) is 35.6 Å². The van der Waals surface area contributed by atoms with Gasteiger partial charge in [-0.2, -0.15) is 0 Å². The smallest absolute Gasteiger partial charge is 0.251 e. The van der Waals surface area contributed by atoms with E-state index in [1.807, 2.05) is 13.8 Å². The number of rotatable bonds is 4. The van der Waals surface area contributed by atoms with Gasteiger partial charge < -0.3 is 15.0 Å². The van der Waals surface area contributed by atoms with Gasteiger partial charge in [-0.15, -0.1) is 0 Å². The molecule has 1 aromatic carbocycles. The molecular formula is C16H21FN2O3. The predicted octanol–water partition coefficient (Wildman–Crippen LogP) is 1.50. The van der Waals surface area contributed by atoms with Crippen molar-refractivity contribution in [2.75, 3.05) is 20.2 Å². The second-order valence-electron chi connectivity index (χ2n) is 5.87. The van der Waals surface area contributed by atoms with Gasteiger partial charge in [0, 0.05) is 13.6 Å². The Morgan fingerprint density at radius 3 is 2.64 bits per heavy atom. The van der Waals surface area contributed by atoms with E-state index >= 15 is 0 Å². The predicted molar refractivity (Wildman–Crippen MR) is 79.5 cm³/mol. The van der Waals surface area contributed by atoms with Crippen LogP contribution < -0.4 is 5.32 Å². The van der Waals surface area contributed by atoms with Crippen LogP contribution in [0.15, 0.2) is 24.3 Å². The summed E-state index contributed by atoms with van der Waals surface area (Å²) in [4.78, 5) is 25.7. The first-order valence-electron chi connectivity index (χ1n) is 7.30. The van der Waals surface area contributed by atoms with E-state index in [2.05, 4.69) is 5.32 Å². The van der Waals surface area contributed by atoms with Crippen LogP contribution in [0.5, 0.6) is 0 Å². The molecule has 1 heterocycles. The van der Waals surface area contributed by atoms with Crippen molar-refractivity contribution in [2.24, 2.45) is 5.92 Å². The Kier molecular flexibility index (Phi) is 5.13. The number of halogens is 1. The lowest BCUT2D eigenvalue weighted by Crippen LogP contribution is -2.53. The Morgan fingerprint density at radius 2 is 2.05 bits per heavy atom. The molecule has 2 rings (SSSR count). The first-order chi connectivity index (χ1) is 10.4. The average molecular weight is 308 g/mol. The number of nitrogens with one attached hydrogen (secondary N) is 1. The van der Waals surface area contributed by atoms with Crippen LogP contribution in [0.1, 0.15) is 25.5 Å². The minimum atomic E-state index is -0.799. The molecule has 22 heavy (non-hydrogen) atoms. The van der Waals surface area contributed by atoms with E-state index in [-0.39, 0.29) is 24.2 Å². The molecule has 120 valence electrons. The van der Waals surface area contributed by atoms with Crippen LogP contribution in [0.3, 0.4) is 0 Å². The first kappa shape index (κ1) is 16.4. The number of nitrogens with zero attached hydrogens (tertiary/aromatic N) is 1. The van der Waals surface area contributed by atoms with Gasteiger partial charge in [-0.3, -0.25) is 9.59 Å². The van der Waals surface area contributed by atoms with Crippen LogP contribution in [0.25, 0.3) is 0 Å². The molecule has 1 aromatic rings. The molecule has 1 aliphatic heterocycles. The Morgan fingerprint density at radius 1 is 1.41 bits per heavy atom. The van der Waals surface area contributed by atoms with E-state index in [1.54, 1.807) is 19.2 Å². The Bertz CT molecular complexity index is 545. The topological polar surface area (TPSA) is 58.6 Å². The maximum atomic E-state index is 13.1. The number of carbonyl (C=O) groups is 2. The molecule has 0 radical (unpaired) electrons. The summed E-state index contributed by atoms with van der Waals surface area (Å²) in [5, 5.41) is 2.82. The van der Waals surface area contributed by atoms with Gasteiger partial charge in [0.1, 0.15) is 12.4 Å². The van der Waals surface area contributed by atoms with Gasteiger partial charge in [0.05, 0.1) is 6.04 Å². The quantitative estimate of drug-likeness (QED) is 0.917. The highest BCUT2D eigenvalue weighted by Gasteiger charge is 2.39. The normalized spacial score (nSPS) is 22.0. The molecule has 1 fully saturated rings. The summed E-state index contributed by atoms with van der Waals surface area (Å²) >= 11 is 0. The molecule has 0 bridgehead atoms. The Balaban J connectivity index is 2.24. The lowest BCUT2D eigenvalue weighted by atomic mass is 9.97. The molecule has 0 spiro atoms. The molecule has 5 nitrogen and oxygen atoms in total. The minimum Gasteiger partial charge on any atom is -0.356 e. The molecule has 0 aromatic heterocycles. The van der Waals surface area contributed by atoms with Crippen molar-refractivity contribution in [1.29, 1.82) is 0 Å². The summed E-state index contributed by atoms with van der Waals surface area (Å²) in [5.41, 5.74) is 0.668. The van der Waals surface area contributed by atoms with Crippen molar-refractivity contribution in [1.82, 2.24) is 10.2 Å². The fraction of sp³-hybridized carbons (Fsp3) is 0.500. The maximum absolute atomic E-state index is 13.1. The fourth-order valence-electron chi connectivity index (χ4n) is 2.39. The highest BCUT2D eigenvalue weighted by molar-refractivity contribution is 5.86. The van der Waals surface area contributed by atoms with Crippen molar-refractivity contribution in [2.45, 2.75) is 26.0 Å². The third-order valence-corrected chi connectivity index (χ3v) is 3.64. The van der Waals surface area contributed by atoms with Gasteiger partial charge in [0.15, 0.2) is 6.10 Å². The van der Waals surface area contributed by atoms with Crippen molar-refractivity contribution in [3.63, 3.8) is 0 Å². The second kappa shape index (κ2) is 6.87. The monoisotopic (exact) mass is 308 g/mol. The van der Waals surface area contributed by atoms with E-state index in [1.165, 1.54) is 17.0 Å². The number of hydrogen-bond acceptors (Lipinski definition) is 3. The van der Waals surface area contributed by atoms with Gasteiger partial charge in [0.25, 0.3) is 5.91 Å². The fourth-order valence-corrected chi connectivity index (χ4v) is 2.39. The van der Waals surface area contributed by atoms with E-state index in [9.17, 15) is 14.0 Å². The zero-order valence-electron chi connectivity index (χ0n) is 13.0. The van der Waals surface area contributed by atoms with Crippen LogP contribution >= 0.6 is 0 Å². The summed E-state index contributed by atoms with van der Waals surface area (Å²) in [6, 6.07) is 5.20. The van der Waals surface area contributed by atoms with Crippen molar-refractivity contribution < 1.29 is 18.7 Å². The summed E-state index contributed by atoms with van der Waals surface area (Å²) in [5.74, 6) is -0.518. The van der Waals surface area contributed by atoms with Crippen LogP contribution in [0.2, 0.25) is 0 Å². The number of morpholine rings is 1. The van der Waals surface area contributed by atoms with Gasteiger partial charge in [-0.25, -0.2) is 4.39 Å². The number of amides is 2. The summed E-state index contributed by atoms with van der Waals surface area (Å²) < 4.78 is 18.6. The minimum absolute atomic E-state index is 0.131. The van der Waals surface area contributed by atoms with E-state index in [4.69, 9.17) is 4.74 Å². The van der Waals surface area contributed by atoms with Gasteiger partial charge in [-0.1, -0.05) is 26.0 Å². The highest BCUT2D eigenvalue weighted by atomic mass is 19.1. The molecule has 2 atom stereocenters. The zero-order valence-corrected chi connectivity index (χ0v) is 13.0. The van der Waals surface area contributed by atoms with Gasteiger partial charge in [0.2, 0.25) is 5.91 Å². The number of likely N-dealkylation sites (N-methyl/N-ethyl adjacent to an activating group) is 1. The van der Waals surface area contributed by atoms with Gasteiger partial charge >= 0.3 is 0 Å². The Hall–Kier alpha value is -1.95. The number of carbonyl (C=O) groups excluding carboxylic acids is 2. The molecular weight excluding hydrogens is 287 g/mol. The highest BCUT2D eigenvalue weighted by Crippen LogP contribution is 2.29. The standard InChI is InChI=1S/C16H21FN2O3/c1-10(2)8-18-16(21)15-14(19(3)13(20)9-22-15)11-4-6-12(17)7-5-11/h4-7,10,14-15H,8-9H2,1-3H3,(H,18,21)/t14-,15+/m0/s1. The van der Waals surface area contributed by atoms with E-state index in [0.29, 0.717) is 18.0 Å². The van der Waals surface area contributed by atoms with E-state index < -0.39 is 12.1 Å². The molecule has 0 unspecified atom stereocenters. The Labute approximate surface area is 129 Å². The van der Waals surface area contributed by atoms with Crippen LogP contribution in [-0.4, -0.2) is 43.0 Å². The number of ether oxygens (including phenoxy) is 1. The maximum Gasteiger partial charge on any atom is 0.251 e. The molecule has 6 heteroatoms. The molecule has 1 N–H and O–H groups in total. The number of hydrogen-bond donors (Lipinski definition) is 1. The van der Waals surface area contributed by atoms with Crippen molar-refractivity contribution in [3.8, 4) is 0 Å². The summed E-state index contributed by atoms with van der Waals surface area (Å²) in [6.07, 6.45) is -0.799. The lowest BCUT2D eigenvalue weighted by Gasteiger charge is -2.38. The molecule has 0 saturated carbocycles. The largest absolute Gasteiger partial charge is 0.356 e. The first-order valence-corrected chi connectivity index (χ1v) is 7.30. The van der Waals surface area contributed by atoms with Crippen LogP contribution in [0.4, 0.5) is 4.39 Å². The average Bonchev–Trinajstić information content (AvgIpc) is 2.48. The molecule has 1 saturated heterocycles. The van der Waals surface area contributed by atoms with E-state index in [0.717, 1.165) is 0 Å². The zero-order chi connectivity index (χ0) is 16.3. The van der Waals surface area contributed by atoms with Crippen LogP contribution in [-0.2, 0) is 14.3 Å². The summed E-state index contributed by atoms with van der Waals surface area (Å²) in [7, 11) is 1.63. The molecule has 1 aliphatic rings. The molecule has 0 aliphatic carbocycles. The number of benzene rings is 1. The van der Waals surface area contributed by atoms with Crippen LogP contribution in [0, 0.1) is 11.7 Å².